The summed E-state index contributed by atoms with van der Waals surface area (Å²) in [5, 5.41) is 4.54. The second-order valence-corrected chi connectivity index (χ2v) is 7.87. The highest BCUT2D eigenvalue weighted by Crippen LogP contribution is 2.34. The Morgan fingerprint density at radius 3 is 2.92 bits per heavy atom. The normalized spacial score (nSPS) is 21.3. The summed E-state index contributed by atoms with van der Waals surface area (Å²) in [5.74, 6) is 1.93. The smallest absolute Gasteiger partial charge is 0.191 e. The summed E-state index contributed by atoms with van der Waals surface area (Å²) >= 11 is 3.63. The van der Waals surface area contributed by atoms with Crippen molar-refractivity contribution in [3.63, 3.8) is 0 Å². The lowest BCUT2D eigenvalue weighted by molar-refractivity contribution is -0.495. The van der Waals surface area contributed by atoms with Gasteiger partial charge in [-0.25, -0.2) is 9.56 Å². The molecule has 1 aliphatic rings. The molecule has 2 aromatic heterocycles. The van der Waals surface area contributed by atoms with Crippen LogP contribution in [0.15, 0.2) is 21.2 Å². The molecule has 0 atom stereocenters. The van der Waals surface area contributed by atoms with Crippen molar-refractivity contribution in [1.29, 1.82) is 0 Å². The molecule has 0 aliphatic heterocycles. The Kier molecular flexibility index (Phi) is 6.53. The number of furan rings is 1. The van der Waals surface area contributed by atoms with E-state index in [9.17, 15) is 0 Å². The van der Waals surface area contributed by atoms with Gasteiger partial charge in [0, 0.05) is 36.9 Å². The fourth-order valence-corrected chi connectivity index (χ4v) is 4.13. The number of hydrogen-bond donors (Lipinski definition) is 2. The predicted octanol–water partition coefficient (Wildman–Crippen LogP) is 3.89. The Hall–Kier alpha value is -1.60. The van der Waals surface area contributed by atoms with Crippen molar-refractivity contribution in [1.82, 2.24) is 4.98 Å². The summed E-state index contributed by atoms with van der Waals surface area (Å²) in [4.78, 5) is 4.49. The lowest BCUT2D eigenvalue weighted by Gasteiger charge is -2.27. The summed E-state index contributed by atoms with van der Waals surface area (Å²) in [5.41, 5.74) is 6.44. The van der Waals surface area contributed by atoms with Crippen molar-refractivity contribution >= 4 is 44.8 Å². The fourth-order valence-electron chi connectivity index (χ4n) is 3.60. The van der Waals surface area contributed by atoms with E-state index in [0.29, 0.717) is 23.4 Å². The van der Waals surface area contributed by atoms with E-state index in [4.69, 9.17) is 14.9 Å². The highest BCUT2D eigenvalue weighted by atomic mass is 79.9. The number of halogens is 1. The van der Waals surface area contributed by atoms with Crippen molar-refractivity contribution in [2.45, 2.75) is 38.1 Å². The minimum atomic E-state index is 0.408. The van der Waals surface area contributed by atoms with E-state index in [1.165, 1.54) is 12.8 Å². The first-order valence-electron chi connectivity index (χ1n) is 9.21. The highest BCUT2D eigenvalue weighted by molar-refractivity contribution is 9.10. The molecule has 1 saturated carbocycles. The molecule has 0 bridgehead atoms. The quantitative estimate of drug-likeness (QED) is 0.401. The molecule has 0 radical (unpaired) electrons. The van der Waals surface area contributed by atoms with Crippen LogP contribution in [-0.2, 0) is 4.74 Å². The average molecular weight is 424 g/mol. The monoisotopic (exact) mass is 423 g/mol. The largest absolute Gasteiger partial charge is 0.439 e. The van der Waals surface area contributed by atoms with Crippen LogP contribution < -0.4 is 11.1 Å². The summed E-state index contributed by atoms with van der Waals surface area (Å²) in [6, 6.07) is 2.28. The molecule has 0 unspecified atom stereocenters. The van der Waals surface area contributed by atoms with Crippen LogP contribution in [0.2, 0.25) is 0 Å². The number of nitrogens with one attached hydrogen (secondary N) is 1. The number of rotatable bonds is 7. The van der Waals surface area contributed by atoms with Gasteiger partial charge in [-0.2, -0.15) is 0 Å². The SMILES string of the molecule is COCCC[N+](C)=CC1CCC(Nc2ncc3oc(N)cc3c2Br)CC1. The fraction of sp³-hybridized carbons (Fsp3) is 0.579. The average Bonchev–Trinajstić information content (AvgIpc) is 3.01. The van der Waals surface area contributed by atoms with Crippen molar-refractivity contribution in [2.24, 2.45) is 5.92 Å². The molecule has 2 aromatic rings. The number of nitrogens with two attached hydrogens (primary N) is 1. The second kappa shape index (κ2) is 8.86. The minimum Gasteiger partial charge on any atom is -0.439 e. The molecule has 0 saturated heterocycles. The molecular weight excluding hydrogens is 396 g/mol. The Morgan fingerprint density at radius 2 is 2.19 bits per heavy atom. The van der Waals surface area contributed by atoms with Crippen molar-refractivity contribution in [3.05, 3.63) is 16.7 Å². The zero-order chi connectivity index (χ0) is 18.5. The zero-order valence-electron chi connectivity index (χ0n) is 15.5. The molecule has 6 nitrogen and oxygen atoms in total. The molecular formula is C19H28BrN4O2+. The summed E-state index contributed by atoms with van der Waals surface area (Å²) in [6.45, 7) is 1.88. The molecule has 3 N–H and O–H groups in total. The molecule has 0 aromatic carbocycles. The first-order valence-corrected chi connectivity index (χ1v) is 10.0. The van der Waals surface area contributed by atoms with E-state index >= 15 is 0 Å². The van der Waals surface area contributed by atoms with Gasteiger partial charge in [-0.15, -0.1) is 0 Å². The van der Waals surface area contributed by atoms with Crippen molar-refractivity contribution in [3.8, 4) is 0 Å². The number of nitrogen functional groups attached to an aromatic ring is 1. The zero-order valence-corrected chi connectivity index (χ0v) is 17.1. The van der Waals surface area contributed by atoms with Gasteiger partial charge in [0.05, 0.1) is 17.3 Å². The Labute approximate surface area is 162 Å². The summed E-state index contributed by atoms with van der Waals surface area (Å²) in [6.07, 6.45) is 9.88. The number of ether oxygens (including phenoxy) is 1. The summed E-state index contributed by atoms with van der Waals surface area (Å²) < 4.78 is 13.8. The van der Waals surface area contributed by atoms with E-state index in [-0.39, 0.29) is 0 Å². The number of methoxy groups -OCH3 is 1. The standard InChI is InChI=1S/C19H28BrN4O2/c1-24(8-3-9-25-2)12-13-4-6-14(7-5-13)23-19-18(20)15-10-17(21)26-16(15)11-22-19/h10-14H,3-9,21H2,1-2H3,(H,22,23)/q+1. The highest BCUT2D eigenvalue weighted by Gasteiger charge is 2.23. The van der Waals surface area contributed by atoms with Crippen LogP contribution in [0.5, 0.6) is 0 Å². The number of aromatic nitrogens is 1. The topological polar surface area (TPSA) is 76.3 Å². The minimum absolute atomic E-state index is 0.408. The molecule has 26 heavy (non-hydrogen) atoms. The van der Waals surface area contributed by atoms with Gasteiger partial charge in [-0.3, -0.25) is 0 Å². The number of pyridine rings is 1. The van der Waals surface area contributed by atoms with E-state index < -0.39 is 0 Å². The third kappa shape index (κ3) is 4.76. The van der Waals surface area contributed by atoms with E-state index in [1.54, 1.807) is 13.3 Å². The number of fused-ring (bicyclic) bond motifs is 1. The molecule has 1 aliphatic carbocycles. The number of anilines is 2. The van der Waals surface area contributed by atoms with Gasteiger partial charge in [0.1, 0.15) is 25.6 Å². The van der Waals surface area contributed by atoms with Gasteiger partial charge in [0.25, 0.3) is 0 Å². The first-order chi connectivity index (χ1) is 12.6. The maximum atomic E-state index is 5.74. The summed E-state index contributed by atoms with van der Waals surface area (Å²) in [7, 11) is 3.91. The number of nitrogens with zero attached hydrogens (tertiary/aromatic N) is 2. The van der Waals surface area contributed by atoms with E-state index in [2.05, 4.69) is 44.1 Å². The van der Waals surface area contributed by atoms with E-state index in [1.807, 2.05) is 6.07 Å². The van der Waals surface area contributed by atoms with Gasteiger partial charge in [-0.1, -0.05) is 0 Å². The van der Waals surface area contributed by atoms with Crippen LogP contribution in [-0.4, -0.2) is 49.1 Å². The van der Waals surface area contributed by atoms with Gasteiger partial charge >= 0.3 is 0 Å². The van der Waals surface area contributed by atoms with Gasteiger partial charge in [0.15, 0.2) is 11.5 Å². The predicted molar refractivity (Wildman–Crippen MR) is 109 cm³/mol. The molecule has 2 heterocycles. The third-order valence-electron chi connectivity index (χ3n) is 4.97. The van der Waals surface area contributed by atoms with Crippen LogP contribution >= 0.6 is 15.9 Å². The molecule has 0 spiro atoms. The molecule has 1 fully saturated rings. The van der Waals surface area contributed by atoms with Gasteiger partial charge in [0.2, 0.25) is 0 Å². The molecule has 142 valence electrons. The van der Waals surface area contributed by atoms with Crippen LogP contribution in [0.1, 0.15) is 32.1 Å². The van der Waals surface area contributed by atoms with Crippen LogP contribution in [0.3, 0.4) is 0 Å². The van der Waals surface area contributed by atoms with Crippen LogP contribution in [0.4, 0.5) is 11.7 Å². The first kappa shape index (κ1) is 19.2. The third-order valence-corrected chi connectivity index (χ3v) is 5.78. The van der Waals surface area contributed by atoms with Gasteiger partial charge in [-0.05, 0) is 41.6 Å². The Balaban J connectivity index is 1.54. The Bertz CT molecular complexity index is 766. The number of hydrogen-bond acceptors (Lipinski definition) is 5. The Morgan fingerprint density at radius 1 is 1.42 bits per heavy atom. The van der Waals surface area contributed by atoms with Crippen LogP contribution in [0.25, 0.3) is 11.0 Å². The maximum absolute atomic E-state index is 5.74. The molecule has 3 rings (SSSR count). The van der Waals surface area contributed by atoms with Gasteiger partial charge < -0.3 is 20.2 Å². The maximum Gasteiger partial charge on any atom is 0.191 e. The van der Waals surface area contributed by atoms with Crippen molar-refractivity contribution in [2.75, 3.05) is 38.4 Å². The second-order valence-electron chi connectivity index (χ2n) is 7.08. The molecule has 7 heteroatoms. The van der Waals surface area contributed by atoms with Crippen LogP contribution in [0, 0.1) is 5.92 Å². The lowest BCUT2D eigenvalue weighted by Crippen LogP contribution is -2.28. The van der Waals surface area contributed by atoms with Crippen molar-refractivity contribution < 1.29 is 13.7 Å². The lowest BCUT2D eigenvalue weighted by atomic mass is 9.86. The molecule has 0 amide bonds. The van der Waals surface area contributed by atoms with E-state index in [0.717, 1.165) is 48.1 Å².